The van der Waals surface area contributed by atoms with Crippen LogP contribution in [0.2, 0.25) is 0 Å². The van der Waals surface area contributed by atoms with Crippen LogP contribution in [0.5, 0.6) is 5.75 Å². The maximum Gasteiger partial charge on any atom is 0.242 e. The van der Waals surface area contributed by atoms with Crippen molar-refractivity contribution in [1.82, 2.24) is 9.62 Å². The first kappa shape index (κ1) is 21.4. The quantitative estimate of drug-likeness (QED) is 0.408. The van der Waals surface area contributed by atoms with E-state index in [4.69, 9.17) is 4.74 Å². The van der Waals surface area contributed by atoms with Crippen molar-refractivity contribution in [2.24, 2.45) is 5.92 Å². The molecule has 1 saturated heterocycles. The molecule has 0 bridgehead atoms. The van der Waals surface area contributed by atoms with Crippen LogP contribution >= 0.6 is 11.3 Å². The maximum absolute atomic E-state index is 12.8. The number of sulfonamides is 1. The van der Waals surface area contributed by atoms with Crippen LogP contribution in [0, 0.1) is 5.92 Å². The molecule has 0 amide bonds. The number of fused-ring (bicyclic) bond motifs is 2. The highest BCUT2D eigenvalue weighted by Gasteiger charge is 2.25. The van der Waals surface area contributed by atoms with E-state index >= 15 is 0 Å². The van der Waals surface area contributed by atoms with Gasteiger partial charge in [0, 0.05) is 40.5 Å². The minimum atomic E-state index is -3.51. The van der Waals surface area contributed by atoms with Crippen molar-refractivity contribution in [1.29, 1.82) is 0 Å². The number of thiophene rings is 1. The minimum absolute atomic E-state index is 0.312. The fourth-order valence-electron chi connectivity index (χ4n) is 4.36. The molecule has 5 nitrogen and oxygen atoms in total. The lowest BCUT2D eigenvalue weighted by molar-refractivity contribution is 0.234. The smallest absolute Gasteiger partial charge is 0.242 e. The van der Waals surface area contributed by atoms with Crippen LogP contribution in [-0.2, 0) is 10.0 Å². The molecule has 7 heteroatoms. The summed E-state index contributed by atoms with van der Waals surface area (Å²) in [5, 5.41) is 4.84. The van der Waals surface area contributed by atoms with Gasteiger partial charge in [0.05, 0.1) is 0 Å². The van der Waals surface area contributed by atoms with Crippen molar-refractivity contribution in [2.75, 3.05) is 32.8 Å². The van der Waals surface area contributed by atoms with Crippen LogP contribution in [0.1, 0.15) is 6.42 Å². The molecule has 166 valence electrons. The summed E-state index contributed by atoms with van der Waals surface area (Å²) in [7, 11) is -3.51. The molecular formula is C25H26N2O3S2. The largest absolute Gasteiger partial charge is 0.492 e. The van der Waals surface area contributed by atoms with Gasteiger partial charge in [-0.1, -0.05) is 54.6 Å². The summed E-state index contributed by atoms with van der Waals surface area (Å²) in [6, 6.07) is 22.0. The highest BCUT2D eigenvalue weighted by atomic mass is 32.2. The molecule has 0 aliphatic carbocycles. The van der Waals surface area contributed by atoms with Crippen molar-refractivity contribution in [3.8, 4) is 5.75 Å². The fourth-order valence-corrected chi connectivity index (χ4v) is 6.97. The molecular weight excluding hydrogens is 440 g/mol. The highest BCUT2D eigenvalue weighted by Crippen LogP contribution is 2.29. The second-order valence-corrected chi connectivity index (χ2v) is 10.9. The fraction of sp³-hybridized carbons (Fsp3) is 0.280. The number of nitrogens with one attached hydrogen (secondary N) is 1. The number of likely N-dealkylation sites (tertiary alicyclic amines) is 1. The number of benzene rings is 3. The van der Waals surface area contributed by atoms with Crippen LogP contribution in [0.4, 0.5) is 0 Å². The monoisotopic (exact) mass is 466 g/mol. The molecule has 3 aromatic carbocycles. The molecule has 4 aromatic rings. The summed E-state index contributed by atoms with van der Waals surface area (Å²) in [6.45, 7) is 3.76. The van der Waals surface area contributed by atoms with E-state index in [2.05, 4.69) is 27.8 Å². The van der Waals surface area contributed by atoms with Gasteiger partial charge in [-0.25, -0.2) is 13.1 Å². The second kappa shape index (κ2) is 9.19. The first-order valence-corrected chi connectivity index (χ1v) is 13.3. The van der Waals surface area contributed by atoms with Crippen molar-refractivity contribution in [3.63, 3.8) is 0 Å². The Balaban J connectivity index is 1.12. The van der Waals surface area contributed by atoms with Crippen LogP contribution in [-0.4, -0.2) is 46.1 Å². The van der Waals surface area contributed by atoms with Gasteiger partial charge in [-0.2, -0.15) is 0 Å². The van der Waals surface area contributed by atoms with E-state index < -0.39 is 10.0 Å². The third kappa shape index (κ3) is 4.52. The lowest BCUT2D eigenvalue weighted by atomic mass is 10.1. The molecule has 0 radical (unpaired) electrons. The molecule has 1 aliphatic heterocycles. The summed E-state index contributed by atoms with van der Waals surface area (Å²) in [4.78, 5) is 2.74. The Hall–Kier alpha value is -2.45. The Morgan fingerprint density at radius 1 is 1.00 bits per heavy atom. The lowest BCUT2D eigenvalue weighted by Crippen LogP contribution is -2.32. The van der Waals surface area contributed by atoms with Gasteiger partial charge in [-0.3, -0.25) is 4.90 Å². The van der Waals surface area contributed by atoms with Gasteiger partial charge in [0.2, 0.25) is 10.0 Å². The van der Waals surface area contributed by atoms with Gasteiger partial charge >= 0.3 is 0 Å². The summed E-state index contributed by atoms with van der Waals surface area (Å²) < 4.78 is 35.6. The molecule has 1 unspecified atom stereocenters. The Bertz CT molecular complexity index is 1330. The predicted octanol–water partition coefficient (Wildman–Crippen LogP) is 4.73. The third-order valence-corrected chi connectivity index (χ3v) is 8.66. The van der Waals surface area contributed by atoms with Crippen molar-refractivity contribution < 1.29 is 13.2 Å². The van der Waals surface area contributed by atoms with Gasteiger partial charge in [0.1, 0.15) is 17.3 Å². The van der Waals surface area contributed by atoms with Crippen LogP contribution in [0.25, 0.3) is 20.9 Å². The molecule has 0 spiro atoms. The Labute approximate surface area is 192 Å². The van der Waals surface area contributed by atoms with Crippen LogP contribution in [0.15, 0.2) is 77.0 Å². The molecule has 2 heterocycles. The van der Waals surface area contributed by atoms with E-state index in [1.165, 1.54) is 16.7 Å². The standard InChI is InChI=1S/C25H26N2O3S2/c28-32(29,25-18-31-24-11-4-3-9-22(24)25)26-16-19-12-13-27(17-19)14-15-30-23-10-5-7-20-6-1-2-8-21(20)23/h1-11,18-19,26H,12-17H2. The van der Waals surface area contributed by atoms with Gasteiger partial charge in [0.15, 0.2) is 0 Å². The highest BCUT2D eigenvalue weighted by molar-refractivity contribution is 7.90. The van der Waals surface area contributed by atoms with E-state index in [1.807, 2.05) is 48.5 Å². The lowest BCUT2D eigenvalue weighted by Gasteiger charge is -2.17. The van der Waals surface area contributed by atoms with Gasteiger partial charge in [0.25, 0.3) is 0 Å². The molecule has 1 atom stereocenters. The maximum atomic E-state index is 12.8. The number of hydrogen-bond acceptors (Lipinski definition) is 5. The Morgan fingerprint density at radius 3 is 2.69 bits per heavy atom. The van der Waals surface area contributed by atoms with E-state index in [0.717, 1.165) is 47.3 Å². The van der Waals surface area contributed by atoms with E-state index in [9.17, 15) is 8.42 Å². The Kier molecular flexibility index (Phi) is 6.15. The molecule has 32 heavy (non-hydrogen) atoms. The SMILES string of the molecule is O=S(=O)(NCC1CCN(CCOc2cccc3ccccc23)C1)c1csc2ccccc12. The molecule has 1 aromatic heterocycles. The van der Waals surface area contributed by atoms with E-state index in [1.54, 1.807) is 5.38 Å². The number of rotatable bonds is 8. The van der Waals surface area contributed by atoms with Gasteiger partial charge in [-0.05, 0) is 36.4 Å². The van der Waals surface area contributed by atoms with Crippen molar-refractivity contribution >= 4 is 42.2 Å². The number of nitrogens with zero attached hydrogens (tertiary/aromatic N) is 1. The molecule has 1 aliphatic rings. The zero-order valence-electron chi connectivity index (χ0n) is 17.7. The van der Waals surface area contributed by atoms with Crippen LogP contribution < -0.4 is 9.46 Å². The van der Waals surface area contributed by atoms with Crippen molar-refractivity contribution in [3.05, 3.63) is 72.1 Å². The summed E-state index contributed by atoms with van der Waals surface area (Å²) in [5.74, 6) is 1.22. The van der Waals surface area contributed by atoms with E-state index in [0.29, 0.717) is 24.0 Å². The average molecular weight is 467 g/mol. The predicted molar refractivity (Wildman–Crippen MR) is 131 cm³/mol. The summed E-state index contributed by atoms with van der Waals surface area (Å²) >= 11 is 1.47. The minimum Gasteiger partial charge on any atom is -0.492 e. The zero-order chi connectivity index (χ0) is 22.0. The molecule has 0 saturated carbocycles. The molecule has 5 rings (SSSR count). The average Bonchev–Trinajstić information content (AvgIpc) is 3.45. The first-order chi connectivity index (χ1) is 15.6. The van der Waals surface area contributed by atoms with Gasteiger partial charge < -0.3 is 4.74 Å². The first-order valence-electron chi connectivity index (χ1n) is 10.9. The van der Waals surface area contributed by atoms with Crippen molar-refractivity contribution in [2.45, 2.75) is 11.3 Å². The topological polar surface area (TPSA) is 58.6 Å². The number of hydrogen-bond donors (Lipinski definition) is 1. The van der Waals surface area contributed by atoms with Crippen LogP contribution in [0.3, 0.4) is 0 Å². The molecule has 1 N–H and O–H groups in total. The zero-order valence-corrected chi connectivity index (χ0v) is 19.4. The normalized spacial score (nSPS) is 17.3. The Morgan fingerprint density at radius 2 is 1.78 bits per heavy atom. The number of ether oxygens (including phenoxy) is 1. The van der Waals surface area contributed by atoms with E-state index in [-0.39, 0.29) is 0 Å². The second-order valence-electron chi connectivity index (χ2n) is 8.23. The third-order valence-electron chi connectivity index (χ3n) is 6.08. The van der Waals surface area contributed by atoms with Gasteiger partial charge in [-0.15, -0.1) is 11.3 Å². The molecule has 1 fully saturated rings. The summed E-state index contributed by atoms with van der Waals surface area (Å²) in [5.41, 5.74) is 0. The summed E-state index contributed by atoms with van der Waals surface area (Å²) in [6.07, 6.45) is 0.987.